The molecular formula is C13H13BrFNO3. The molecular weight excluding hydrogens is 317 g/mol. The normalized spacial score (nSPS) is 14.2. The Morgan fingerprint density at radius 3 is 2.63 bits per heavy atom. The Kier molecular flexibility index (Phi) is 4.31. The lowest BCUT2D eigenvalue weighted by Crippen LogP contribution is -2.30. The first-order chi connectivity index (χ1) is 9.06. The van der Waals surface area contributed by atoms with Gasteiger partial charge in [0.25, 0.3) is 11.7 Å². The molecule has 2 rings (SSSR count). The van der Waals surface area contributed by atoms with Crippen LogP contribution < -0.4 is 4.90 Å². The fourth-order valence-corrected chi connectivity index (χ4v) is 2.41. The minimum atomic E-state index is -0.614. The van der Waals surface area contributed by atoms with Crippen LogP contribution in [0.5, 0.6) is 0 Å². The van der Waals surface area contributed by atoms with Gasteiger partial charge in [0.05, 0.1) is 15.7 Å². The maximum atomic E-state index is 13.5. The molecule has 0 saturated heterocycles. The highest BCUT2D eigenvalue weighted by Crippen LogP contribution is 2.33. The summed E-state index contributed by atoms with van der Waals surface area (Å²) < 4.78 is 13.7. The van der Waals surface area contributed by atoms with Gasteiger partial charge in [-0.3, -0.25) is 9.59 Å². The number of Topliss-reactive ketones (excluding diaryl/α,β-unsaturated/α-hetero) is 1. The van der Waals surface area contributed by atoms with Crippen LogP contribution in [-0.2, 0) is 4.79 Å². The molecule has 0 radical (unpaired) electrons. The molecule has 6 heteroatoms. The molecule has 0 aliphatic carbocycles. The van der Waals surface area contributed by atoms with E-state index in [1.807, 2.05) is 0 Å². The zero-order chi connectivity index (χ0) is 14.0. The van der Waals surface area contributed by atoms with E-state index in [9.17, 15) is 14.0 Å². The highest BCUT2D eigenvalue weighted by Gasteiger charge is 2.36. The number of aliphatic hydroxyl groups excluding tert-OH is 1. The van der Waals surface area contributed by atoms with E-state index in [0.29, 0.717) is 25.1 Å². The quantitative estimate of drug-likeness (QED) is 0.666. The van der Waals surface area contributed by atoms with E-state index < -0.39 is 17.5 Å². The smallest absolute Gasteiger partial charge is 0.299 e. The van der Waals surface area contributed by atoms with Crippen LogP contribution in [0, 0.1) is 5.82 Å². The number of fused-ring (bicyclic) bond motifs is 1. The van der Waals surface area contributed by atoms with Crippen LogP contribution in [0.4, 0.5) is 10.1 Å². The van der Waals surface area contributed by atoms with Crippen molar-refractivity contribution in [1.82, 2.24) is 0 Å². The number of rotatable bonds is 5. The molecule has 0 bridgehead atoms. The highest BCUT2D eigenvalue weighted by atomic mass is 79.9. The summed E-state index contributed by atoms with van der Waals surface area (Å²) in [4.78, 5) is 24.9. The molecule has 4 nitrogen and oxygen atoms in total. The average molecular weight is 330 g/mol. The van der Waals surface area contributed by atoms with Gasteiger partial charge in [-0.25, -0.2) is 4.39 Å². The summed E-state index contributed by atoms with van der Waals surface area (Å²) in [7, 11) is 0. The zero-order valence-corrected chi connectivity index (χ0v) is 11.7. The van der Waals surface area contributed by atoms with Gasteiger partial charge in [0.15, 0.2) is 0 Å². The van der Waals surface area contributed by atoms with Crippen LogP contribution in [0.2, 0.25) is 0 Å². The lowest BCUT2D eigenvalue weighted by molar-refractivity contribution is -0.114. The number of nitrogens with zero attached hydrogens (tertiary/aromatic N) is 1. The van der Waals surface area contributed by atoms with E-state index in [1.165, 1.54) is 17.0 Å². The summed E-state index contributed by atoms with van der Waals surface area (Å²) in [5.41, 5.74) is 0.570. The van der Waals surface area contributed by atoms with Crippen molar-refractivity contribution in [2.75, 3.05) is 18.1 Å². The maximum absolute atomic E-state index is 13.5. The number of carbonyl (C=O) groups is 2. The number of halogens is 2. The van der Waals surface area contributed by atoms with Gasteiger partial charge in [-0.2, -0.15) is 0 Å². The van der Waals surface area contributed by atoms with Gasteiger partial charge in [0, 0.05) is 13.2 Å². The van der Waals surface area contributed by atoms with Crippen molar-refractivity contribution in [3.05, 3.63) is 28.0 Å². The van der Waals surface area contributed by atoms with Crippen molar-refractivity contribution in [2.45, 2.75) is 19.3 Å². The number of benzene rings is 1. The number of hydrogen-bond donors (Lipinski definition) is 1. The number of unbranched alkanes of at least 4 members (excludes halogenated alkanes) is 2. The van der Waals surface area contributed by atoms with E-state index in [-0.39, 0.29) is 16.6 Å². The van der Waals surface area contributed by atoms with E-state index in [4.69, 9.17) is 5.11 Å². The van der Waals surface area contributed by atoms with Crippen molar-refractivity contribution < 1.29 is 19.1 Å². The average Bonchev–Trinajstić information content (AvgIpc) is 2.60. The molecule has 19 heavy (non-hydrogen) atoms. The van der Waals surface area contributed by atoms with E-state index in [2.05, 4.69) is 15.9 Å². The second kappa shape index (κ2) is 5.79. The number of hydrogen-bond acceptors (Lipinski definition) is 3. The molecule has 102 valence electrons. The van der Waals surface area contributed by atoms with E-state index >= 15 is 0 Å². The first-order valence-corrected chi connectivity index (χ1v) is 6.81. The summed E-state index contributed by atoms with van der Waals surface area (Å²) in [6, 6.07) is 2.55. The number of aliphatic hydroxyl groups is 1. The van der Waals surface area contributed by atoms with Crippen LogP contribution in [0.3, 0.4) is 0 Å². The van der Waals surface area contributed by atoms with Gasteiger partial charge in [0.2, 0.25) is 0 Å². The van der Waals surface area contributed by atoms with Gasteiger partial charge < -0.3 is 10.0 Å². The van der Waals surface area contributed by atoms with Crippen LogP contribution in [0.25, 0.3) is 0 Å². The highest BCUT2D eigenvalue weighted by molar-refractivity contribution is 9.10. The first kappa shape index (κ1) is 14.1. The minimum absolute atomic E-state index is 0.102. The van der Waals surface area contributed by atoms with Crippen LogP contribution in [-0.4, -0.2) is 29.9 Å². The molecule has 1 heterocycles. The molecule has 1 N–H and O–H groups in total. The second-order valence-electron chi connectivity index (χ2n) is 4.35. The molecule has 0 aromatic heterocycles. The zero-order valence-electron chi connectivity index (χ0n) is 10.2. The number of carbonyl (C=O) groups excluding carboxylic acids is 2. The third kappa shape index (κ3) is 2.69. The summed E-state index contributed by atoms with van der Waals surface area (Å²) in [5.74, 6) is -1.71. The summed E-state index contributed by atoms with van der Waals surface area (Å²) in [5, 5.41) is 8.69. The predicted molar refractivity (Wildman–Crippen MR) is 71.7 cm³/mol. The topological polar surface area (TPSA) is 57.6 Å². The van der Waals surface area contributed by atoms with Crippen LogP contribution in [0.15, 0.2) is 16.6 Å². The van der Waals surface area contributed by atoms with Gasteiger partial charge in [-0.05, 0) is 47.3 Å². The standard InChI is InChI=1S/C13H13BrFNO3/c14-9-6-8-11(7-10(9)15)16(13(19)12(8)18)4-2-1-3-5-17/h6-7,17H,1-5H2. The summed E-state index contributed by atoms with van der Waals surface area (Å²) in [6.07, 6.45) is 2.07. The summed E-state index contributed by atoms with van der Waals surface area (Å²) >= 11 is 3.00. The monoisotopic (exact) mass is 329 g/mol. The molecule has 0 atom stereocenters. The fraction of sp³-hybridized carbons (Fsp3) is 0.385. The third-order valence-electron chi connectivity index (χ3n) is 3.05. The van der Waals surface area contributed by atoms with Gasteiger partial charge in [0.1, 0.15) is 5.82 Å². The van der Waals surface area contributed by atoms with Crippen molar-refractivity contribution in [3.8, 4) is 0 Å². The van der Waals surface area contributed by atoms with Gasteiger partial charge in [-0.15, -0.1) is 0 Å². The Bertz CT molecular complexity index is 533. The molecule has 1 aromatic rings. The minimum Gasteiger partial charge on any atom is -0.396 e. The van der Waals surface area contributed by atoms with Crippen LogP contribution >= 0.6 is 15.9 Å². The Balaban J connectivity index is 2.21. The van der Waals surface area contributed by atoms with Crippen molar-refractivity contribution in [3.63, 3.8) is 0 Å². The number of ketones is 1. The molecule has 0 spiro atoms. The molecule has 0 unspecified atom stereocenters. The van der Waals surface area contributed by atoms with E-state index in [0.717, 1.165) is 6.42 Å². The Morgan fingerprint density at radius 2 is 1.95 bits per heavy atom. The molecule has 1 aliphatic heterocycles. The largest absolute Gasteiger partial charge is 0.396 e. The molecule has 1 aliphatic rings. The molecule has 1 aromatic carbocycles. The third-order valence-corrected chi connectivity index (χ3v) is 3.66. The summed E-state index contributed by atoms with van der Waals surface area (Å²) in [6.45, 7) is 0.462. The predicted octanol–water partition coefficient (Wildman–Crippen LogP) is 2.28. The maximum Gasteiger partial charge on any atom is 0.299 e. The van der Waals surface area contributed by atoms with Crippen molar-refractivity contribution in [1.29, 1.82) is 0 Å². The fourth-order valence-electron chi connectivity index (χ4n) is 2.07. The van der Waals surface area contributed by atoms with Crippen molar-refractivity contribution >= 4 is 33.3 Å². The SMILES string of the molecule is O=C1C(=O)N(CCCCCO)c2cc(F)c(Br)cc21. The Labute approximate surface area is 118 Å². The van der Waals surface area contributed by atoms with Gasteiger partial charge >= 0.3 is 0 Å². The first-order valence-electron chi connectivity index (χ1n) is 6.02. The van der Waals surface area contributed by atoms with Crippen LogP contribution in [0.1, 0.15) is 29.6 Å². The molecule has 0 saturated carbocycles. The lowest BCUT2D eigenvalue weighted by Gasteiger charge is -2.16. The van der Waals surface area contributed by atoms with E-state index in [1.54, 1.807) is 0 Å². The molecule has 1 amide bonds. The number of amides is 1. The Morgan fingerprint density at radius 1 is 1.21 bits per heavy atom. The Hall–Kier alpha value is -1.27. The lowest BCUT2D eigenvalue weighted by atomic mass is 10.1. The number of anilines is 1. The van der Waals surface area contributed by atoms with Gasteiger partial charge in [-0.1, -0.05) is 0 Å². The molecule has 0 fully saturated rings. The second-order valence-corrected chi connectivity index (χ2v) is 5.21. The van der Waals surface area contributed by atoms with Crippen molar-refractivity contribution in [2.24, 2.45) is 0 Å².